The highest BCUT2D eigenvalue weighted by Crippen LogP contribution is 2.11. The lowest BCUT2D eigenvalue weighted by atomic mass is 10.2. The van der Waals surface area contributed by atoms with Crippen molar-refractivity contribution in [3.63, 3.8) is 0 Å². The van der Waals surface area contributed by atoms with Gasteiger partial charge >= 0.3 is 5.97 Å². The van der Waals surface area contributed by atoms with E-state index in [9.17, 15) is 4.79 Å². The van der Waals surface area contributed by atoms with Crippen LogP contribution in [0.4, 0.5) is 0 Å². The number of esters is 1. The summed E-state index contributed by atoms with van der Waals surface area (Å²) >= 11 is 0. The number of carbonyl (C=O) groups excluding carboxylic acids is 1. The Morgan fingerprint density at radius 3 is 2.89 bits per heavy atom. The van der Waals surface area contributed by atoms with E-state index in [0.717, 1.165) is 18.7 Å². The van der Waals surface area contributed by atoms with Crippen molar-refractivity contribution in [3.05, 3.63) is 23.7 Å². The molecule has 5 nitrogen and oxygen atoms in total. The van der Waals surface area contributed by atoms with Crippen molar-refractivity contribution in [2.45, 2.75) is 26.4 Å². The van der Waals surface area contributed by atoms with Gasteiger partial charge in [-0.05, 0) is 27.0 Å². The first-order valence-electron chi connectivity index (χ1n) is 6.12. The summed E-state index contributed by atoms with van der Waals surface area (Å²) in [5, 5.41) is 3.28. The van der Waals surface area contributed by atoms with Gasteiger partial charge in [0.2, 0.25) is 5.76 Å². The molecule has 0 amide bonds. The number of nitrogens with one attached hydrogen (secondary N) is 1. The van der Waals surface area contributed by atoms with Gasteiger partial charge in [0.1, 0.15) is 0 Å². The van der Waals surface area contributed by atoms with Gasteiger partial charge in [-0.2, -0.15) is 0 Å². The van der Waals surface area contributed by atoms with Crippen molar-refractivity contribution >= 4 is 5.97 Å². The zero-order chi connectivity index (χ0) is 13.5. The first-order chi connectivity index (χ1) is 8.56. The number of rotatable bonds is 7. The highest BCUT2D eigenvalue weighted by Gasteiger charge is 2.15. The van der Waals surface area contributed by atoms with Gasteiger partial charge in [-0.3, -0.25) is 0 Å². The highest BCUT2D eigenvalue weighted by molar-refractivity contribution is 5.87. The van der Waals surface area contributed by atoms with Gasteiger partial charge in [-0.15, -0.1) is 0 Å². The summed E-state index contributed by atoms with van der Waals surface area (Å²) in [4.78, 5) is 13.6. The van der Waals surface area contributed by atoms with E-state index in [2.05, 4.69) is 35.8 Å². The number of hydrogen-bond acceptors (Lipinski definition) is 5. The third-order valence-corrected chi connectivity index (χ3v) is 2.96. The number of nitrogens with zero attached hydrogens (tertiary/aromatic N) is 1. The van der Waals surface area contributed by atoms with Crippen LogP contribution in [0.5, 0.6) is 0 Å². The lowest BCUT2D eigenvalue weighted by molar-refractivity contribution is 0.0563. The molecule has 102 valence electrons. The molecule has 0 aliphatic carbocycles. The molecule has 0 aliphatic heterocycles. The van der Waals surface area contributed by atoms with Crippen LogP contribution in [-0.2, 0) is 11.3 Å². The lowest BCUT2D eigenvalue weighted by Crippen LogP contribution is -2.33. The molecule has 5 heteroatoms. The third-order valence-electron chi connectivity index (χ3n) is 2.96. The average molecular weight is 254 g/mol. The molecule has 0 unspecified atom stereocenters. The molecular weight excluding hydrogens is 232 g/mol. The summed E-state index contributed by atoms with van der Waals surface area (Å²) in [6.45, 7) is 6.74. The zero-order valence-corrected chi connectivity index (χ0v) is 11.5. The number of carbonyl (C=O) groups is 1. The summed E-state index contributed by atoms with van der Waals surface area (Å²) in [6, 6.07) is 2.32. The van der Waals surface area contributed by atoms with Crippen LogP contribution in [0.25, 0.3) is 0 Å². The van der Waals surface area contributed by atoms with Gasteiger partial charge in [0.25, 0.3) is 0 Å². The number of likely N-dealkylation sites (N-methyl/N-ethyl adjacent to an activating group) is 1. The van der Waals surface area contributed by atoms with Crippen LogP contribution >= 0.6 is 0 Å². The lowest BCUT2D eigenvalue weighted by Gasteiger charge is -2.20. The van der Waals surface area contributed by atoms with E-state index in [1.807, 2.05) is 0 Å². The van der Waals surface area contributed by atoms with Crippen molar-refractivity contribution < 1.29 is 13.9 Å². The first-order valence-corrected chi connectivity index (χ1v) is 6.12. The van der Waals surface area contributed by atoms with E-state index in [-0.39, 0.29) is 5.76 Å². The number of furan rings is 1. The molecule has 0 bridgehead atoms. The fraction of sp³-hybridized carbons (Fsp3) is 0.615. The van der Waals surface area contributed by atoms with E-state index in [1.54, 1.807) is 6.07 Å². The molecule has 0 aliphatic rings. The van der Waals surface area contributed by atoms with Crippen LogP contribution in [0.15, 0.2) is 16.7 Å². The molecule has 0 spiro atoms. The van der Waals surface area contributed by atoms with Crippen molar-refractivity contribution in [3.8, 4) is 0 Å². The predicted octanol–water partition coefficient (Wildman–Crippen LogP) is 1.50. The fourth-order valence-electron chi connectivity index (χ4n) is 1.48. The normalized spacial score (nSPS) is 11.2. The summed E-state index contributed by atoms with van der Waals surface area (Å²) in [6.07, 6.45) is 1.50. The Balaban J connectivity index is 2.36. The van der Waals surface area contributed by atoms with Crippen LogP contribution < -0.4 is 5.32 Å². The number of hydrogen-bond donors (Lipinski definition) is 1. The summed E-state index contributed by atoms with van der Waals surface area (Å²) in [5.41, 5.74) is 0.828. The Hall–Kier alpha value is -1.33. The molecule has 0 fully saturated rings. The minimum absolute atomic E-state index is 0.280. The van der Waals surface area contributed by atoms with Crippen molar-refractivity contribution in [1.29, 1.82) is 0 Å². The topological polar surface area (TPSA) is 54.7 Å². The number of methoxy groups -OCH3 is 1. The van der Waals surface area contributed by atoms with Crippen LogP contribution in [0.2, 0.25) is 0 Å². The molecule has 1 aromatic rings. The number of ether oxygens (including phenoxy) is 1. The van der Waals surface area contributed by atoms with E-state index in [4.69, 9.17) is 4.42 Å². The third kappa shape index (κ3) is 4.16. The maximum absolute atomic E-state index is 11.4. The summed E-state index contributed by atoms with van der Waals surface area (Å²) < 4.78 is 9.75. The molecule has 0 saturated carbocycles. The minimum atomic E-state index is -0.434. The second-order valence-corrected chi connectivity index (χ2v) is 4.52. The monoisotopic (exact) mass is 254 g/mol. The minimum Gasteiger partial charge on any atom is -0.463 e. The van der Waals surface area contributed by atoms with Crippen molar-refractivity contribution in [2.75, 3.05) is 27.2 Å². The Labute approximate surface area is 108 Å². The van der Waals surface area contributed by atoms with E-state index in [0.29, 0.717) is 12.6 Å². The molecule has 0 radical (unpaired) electrons. The summed E-state index contributed by atoms with van der Waals surface area (Å²) in [5.74, 6) is -0.154. The van der Waals surface area contributed by atoms with Crippen molar-refractivity contribution in [2.24, 2.45) is 0 Å². The van der Waals surface area contributed by atoms with Gasteiger partial charge in [0.15, 0.2) is 0 Å². The van der Waals surface area contributed by atoms with Crippen LogP contribution in [0.3, 0.4) is 0 Å². The average Bonchev–Trinajstić information content (AvgIpc) is 2.81. The smallest absolute Gasteiger partial charge is 0.374 e. The van der Waals surface area contributed by atoms with Crippen molar-refractivity contribution in [1.82, 2.24) is 10.2 Å². The Kier molecular flexibility index (Phi) is 5.88. The Morgan fingerprint density at radius 2 is 2.28 bits per heavy atom. The Morgan fingerprint density at radius 1 is 1.56 bits per heavy atom. The molecule has 0 atom stereocenters. The zero-order valence-electron chi connectivity index (χ0n) is 11.5. The molecule has 18 heavy (non-hydrogen) atoms. The van der Waals surface area contributed by atoms with Crippen LogP contribution in [0.1, 0.15) is 30.0 Å². The van der Waals surface area contributed by atoms with Gasteiger partial charge in [-0.1, -0.05) is 0 Å². The second-order valence-electron chi connectivity index (χ2n) is 4.52. The van der Waals surface area contributed by atoms with Gasteiger partial charge in [-0.25, -0.2) is 4.79 Å². The molecule has 1 aromatic heterocycles. The van der Waals surface area contributed by atoms with Gasteiger partial charge in [0, 0.05) is 31.2 Å². The first kappa shape index (κ1) is 14.7. The fourth-order valence-corrected chi connectivity index (χ4v) is 1.48. The molecule has 0 saturated heterocycles. The van der Waals surface area contributed by atoms with Gasteiger partial charge in [0.05, 0.1) is 13.4 Å². The quantitative estimate of drug-likeness (QED) is 0.590. The highest BCUT2D eigenvalue weighted by atomic mass is 16.5. The Bertz CT molecular complexity index is 374. The van der Waals surface area contributed by atoms with Crippen LogP contribution in [-0.4, -0.2) is 44.2 Å². The molecule has 1 N–H and O–H groups in total. The maximum atomic E-state index is 11.4. The SMILES string of the molecule is COC(=O)c1occc1CNCCN(C)C(C)C. The summed E-state index contributed by atoms with van der Waals surface area (Å²) in [7, 11) is 3.43. The second kappa shape index (κ2) is 7.18. The predicted molar refractivity (Wildman–Crippen MR) is 69.5 cm³/mol. The van der Waals surface area contributed by atoms with E-state index in [1.165, 1.54) is 13.4 Å². The van der Waals surface area contributed by atoms with Crippen LogP contribution in [0, 0.1) is 0 Å². The standard InChI is InChI=1S/C13H22N2O3/c1-10(2)15(3)7-6-14-9-11-5-8-18-12(11)13(16)17-4/h5,8,10,14H,6-7,9H2,1-4H3. The molecule has 1 rings (SSSR count). The maximum Gasteiger partial charge on any atom is 0.374 e. The van der Waals surface area contributed by atoms with Gasteiger partial charge < -0.3 is 19.4 Å². The molecule has 1 heterocycles. The molecular formula is C13H22N2O3. The molecule has 0 aromatic carbocycles. The van der Waals surface area contributed by atoms with E-state index < -0.39 is 5.97 Å². The van der Waals surface area contributed by atoms with E-state index >= 15 is 0 Å². The largest absolute Gasteiger partial charge is 0.463 e.